The van der Waals surface area contributed by atoms with Crippen molar-refractivity contribution in [1.29, 1.82) is 0 Å². The second-order valence-electron chi connectivity index (χ2n) is 8.09. The van der Waals surface area contributed by atoms with Gasteiger partial charge in [0.2, 0.25) is 11.8 Å². The van der Waals surface area contributed by atoms with Crippen LogP contribution < -0.4 is 16.4 Å². The van der Waals surface area contributed by atoms with Crippen LogP contribution >= 0.6 is 0 Å². The molecule has 8 nitrogen and oxygen atoms in total. The number of carbonyl (C=O) groups excluding carboxylic acids is 4. The van der Waals surface area contributed by atoms with Crippen LogP contribution in [0.2, 0.25) is 0 Å². The molecule has 2 heterocycles. The van der Waals surface area contributed by atoms with Gasteiger partial charge in [-0.2, -0.15) is 0 Å². The summed E-state index contributed by atoms with van der Waals surface area (Å²) in [6, 6.07) is 3.88. The maximum atomic E-state index is 14.4. The summed E-state index contributed by atoms with van der Waals surface area (Å²) in [5, 5.41) is 5.23. The van der Waals surface area contributed by atoms with Crippen molar-refractivity contribution < 1.29 is 23.6 Å². The third-order valence-corrected chi connectivity index (χ3v) is 5.92. The van der Waals surface area contributed by atoms with Crippen molar-refractivity contribution in [2.24, 2.45) is 11.7 Å². The van der Waals surface area contributed by atoms with Crippen LogP contribution in [0.4, 0.5) is 4.39 Å². The average Bonchev–Trinajstić information content (AvgIpc) is 2.90. The van der Waals surface area contributed by atoms with E-state index in [9.17, 15) is 23.6 Å². The monoisotopic (exact) mass is 402 g/mol. The summed E-state index contributed by atoms with van der Waals surface area (Å²) in [6.45, 7) is 1.05. The molecule has 4 N–H and O–H groups in total. The Kier molecular flexibility index (Phi) is 4.95. The van der Waals surface area contributed by atoms with Crippen LogP contribution in [0.5, 0.6) is 0 Å². The normalized spacial score (nSPS) is 29.0. The molecule has 1 aromatic rings. The van der Waals surface area contributed by atoms with Crippen LogP contribution in [-0.2, 0) is 16.1 Å². The summed E-state index contributed by atoms with van der Waals surface area (Å²) in [5.74, 6) is -1.89. The molecular weight excluding hydrogens is 379 g/mol. The zero-order valence-electron chi connectivity index (χ0n) is 15.9. The maximum Gasteiger partial charge on any atom is 0.262 e. The molecule has 29 heavy (non-hydrogen) atoms. The van der Waals surface area contributed by atoms with E-state index in [4.69, 9.17) is 5.73 Å². The molecule has 0 bridgehead atoms. The third kappa shape index (κ3) is 3.56. The average molecular weight is 402 g/mol. The molecule has 1 unspecified atom stereocenters. The van der Waals surface area contributed by atoms with Crippen molar-refractivity contribution >= 4 is 23.6 Å². The number of nitrogens with zero attached hydrogens (tertiary/aromatic N) is 1. The topological polar surface area (TPSA) is 122 Å². The number of imide groups is 2. The Morgan fingerprint density at radius 1 is 1.17 bits per heavy atom. The van der Waals surface area contributed by atoms with E-state index in [1.165, 1.54) is 0 Å². The molecule has 1 aliphatic carbocycles. The fraction of sp³-hybridized carbons (Fsp3) is 0.500. The highest BCUT2D eigenvalue weighted by Crippen LogP contribution is 2.40. The number of hydrogen-bond donors (Lipinski definition) is 3. The number of nitrogens with one attached hydrogen (secondary N) is 2. The van der Waals surface area contributed by atoms with Gasteiger partial charge < -0.3 is 11.1 Å². The van der Waals surface area contributed by atoms with E-state index in [1.807, 2.05) is 0 Å². The van der Waals surface area contributed by atoms with Crippen molar-refractivity contribution in [3.8, 4) is 0 Å². The van der Waals surface area contributed by atoms with Crippen molar-refractivity contribution in [3.63, 3.8) is 0 Å². The number of piperidine rings is 1. The number of alkyl halides is 1. The number of amides is 4. The van der Waals surface area contributed by atoms with Gasteiger partial charge in [-0.25, -0.2) is 4.39 Å². The molecule has 2 aliphatic heterocycles. The minimum atomic E-state index is -1.24. The van der Waals surface area contributed by atoms with E-state index in [2.05, 4.69) is 10.6 Å². The summed E-state index contributed by atoms with van der Waals surface area (Å²) < 4.78 is 14.4. The van der Waals surface area contributed by atoms with E-state index in [1.54, 1.807) is 18.2 Å². The van der Waals surface area contributed by atoms with Gasteiger partial charge in [-0.3, -0.25) is 29.4 Å². The lowest BCUT2D eigenvalue weighted by atomic mass is 9.72. The van der Waals surface area contributed by atoms with E-state index in [-0.39, 0.29) is 36.4 Å². The SMILES string of the molecule is NCC1CC(F)(CNCc2ccc3c(c2)C(=O)N(C2CCC(=O)NC2=O)C3=O)C1. The molecule has 1 saturated heterocycles. The van der Waals surface area contributed by atoms with Crippen LogP contribution in [0.15, 0.2) is 18.2 Å². The summed E-state index contributed by atoms with van der Waals surface area (Å²) in [5.41, 5.74) is 5.50. The molecule has 1 saturated carbocycles. The molecule has 3 aliphatic rings. The first-order valence-electron chi connectivity index (χ1n) is 9.75. The van der Waals surface area contributed by atoms with Crippen LogP contribution in [0.1, 0.15) is 52.0 Å². The molecule has 0 spiro atoms. The Morgan fingerprint density at radius 3 is 2.59 bits per heavy atom. The van der Waals surface area contributed by atoms with Crippen molar-refractivity contribution in [2.75, 3.05) is 13.1 Å². The van der Waals surface area contributed by atoms with Gasteiger partial charge in [-0.15, -0.1) is 0 Å². The van der Waals surface area contributed by atoms with Gasteiger partial charge in [0, 0.05) is 19.5 Å². The Bertz CT molecular complexity index is 896. The molecule has 1 atom stereocenters. The van der Waals surface area contributed by atoms with E-state index in [0.29, 0.717) is 25.9 Å². The highest BCUT2D eigenvalue weighted by molar-refractivity contribution is 6.23. The van der Waals surface area contributed by atoms with E-state index < -0.39 is 35.3 Å². The lowest BCUT2D eigenvalue weighted by Crippen LogP contribution is -2.54. The summed E-state index contributed by atoms with van der Waals surface area (Å²) in [6.07, 6.45) is 1.10. The predicted molar refractivity (Wildman–Crippen MR) is 100 cm³/mol. The smallest absolute Gasteiger partial charge is 0.262 e. The Morgan fingerprint density at radius 2 is 1.90 bits per heavy atom. The van der Waals surface area contributed by atoms with Gasteiger partial charge in [0.05, 0.1) is 11.1 Å². The first-order valence-corrected chi connectivity index (χ1v) is 9.75. The molecule has 154 valence electrons. The van der Waals surface area contributed by atoms with Gasteiger partial charge in [0.25, 0.3) is 11.8 Å². The van der Waals surface area contributed by atoms with Crippen LogP contribution in [-0.4, -0.2) is 53.3 Å². The first-order chi connectivity index (χ1) is 13.8. The minimum Gasteiger partial charge on any atom is -0.330 e. The van der Waals surface area contributed by atoms with E-state index in [0.717, 1.165) is 10.5 Å². The fourth-order valence-corrected chi connectivity index (χ4v) is 4.34. The van der Waals surface area contributed by atoms with Crippen LogP contribution in [0.3, 0.4) is 0 Å². The Balaban J connectivity index is 1.42. The molecule has 4 rings (SSSR count). The van der Waals surface area contributed by atoms with Gasteiger partial charge in [0.15, 0.2) is 0 Å². The van der Waals surface area contributed by atoms with Gasteiger partial charge in [0.1, 0.15) is 11.7 Å². The lowest BCUT2D eigenvalue weighted by molar-refractivity contribution is -0.136. The van der Waals surface area contributed by atoms with Gasteiger partial charge in [-0.1, -0.05) is 6.07 Å². The van der Waals surface area contributed by atoms with Crippen molar-refractivity contribution in [1.82, 2.24) is 15.5 Å². The summed E-state index contributed by atoms with van der Waals surface area (Å²) in [4.78, 5) is 49.8. The predicted octanol–water partition coefficient (Wildman–Crippen LogP) is 0.254. The van der Waals surface area contributed by atoms with Crippen LogP contribution in [0, 0.1) is 5.92 Å². The third-order valence-electron chi connectivity index (χ3n) is 5.92. The number of halogens is 1. The molecule has 2 fully saturated rings. The van der Waals surface area contributed by atoms with E-state index >= 15 is 0 Å². The number of carbonyl (C=O) groups is 4. The molecule has 1 aromatic carbocycles. The lowest BCUT2D eigenvalue weighted by Gasteiger charge is -2.41. The zero-order valence-corrected chi connectivity index (χ0v) is 15.9. The Hall–Kier alpha value is -2.65. The largest absolute Gasteiger partial charge is 0.330 e. The first kappa shape index (κ1) is 19.7. The van der Waals surface area contributed by atoms with Gasteiger partial charge in [-0.05, 0) is 49.4 Å². The van der Waals surface area contributed by atoms with Crippen molar-refractivity contribution in [2.45, 2.75) is 43.9 Å². The quantitative estimate of drug-likeness (QED) is 0.587. The minimum absolute atomic E-state index is 0.0783. The molecule has 0 aromatic heterocycles. The number of nitrogens with two attached hydrogens (primary N) is 1. The number of fused-ring (bicyclic) bond motifs is 1. The van der Waals surface area contributed by atoms with Gasteiger partial charge >= 0.3 is 0 Å². The fourth-order valence-electron chi connectivity index (χ4n) is 4.34. The Labute approximate surface area is 167 Å². The second-order valence-corrected chi connectivity index (χ2v) is 8.09. The maximum absolute atomic E-state index is 14.4. The van der Waals surface area contributed by atoms with Crippen molar-refractivity contribution in [3.05, 3.63) is 34.9 Å². The zero-order chi connectivity index (χ0) is 20.8. The van der Waals surface area contributed by atoms with Crippen LogP contribution in [0.25, 0.3) is 0 Å². The highest BCUT2D eigenvalue weighted by atomic mass is 19.1. The molecule has 0 radical (unpaired) electrons. The molecule has 9 heteroatoms. The highest BCUT2D eigenvalue weighted by Gasteiger charge is 2.45. The number of rotatable bonds is 6. The summed E-state index contributed by atoms with van der Waals surface area (Å²) >= 11 is 0. The standard InChI is InChI=1S/C20H23FN4O4/c21-20(6-12(7-20)8-22)10-23-9-11-1-2-13-14(5-11)19(29)25(18(13)28)15-3-4-16(26)24-17(15)27/h1-2,5,12,15,23H,3-4,6-10,22H2,(H,24,26,27). The summed E-state index contributed by atoms with van der Waals surface area (Å²) in [7, 11) is 0. The second kappa shape index (κ2) is 7.31. The number of benzene rings is 1. The molecular formula is C20H23FN4O4. The number of hydrogen-bond acceptors (Lipinski definition) is 6. The molecule has 4 amide bonds.